The molecule has 2 heterocycles. The summed E-state index contributed by atoms with van der Waals surface area (Å²) < 4.78 is 52.1. The molecule has 3 rings (SSSR count). The molecule has 0 saturated heterocycles. The van der Waals surface area contributed by atoms with Gasteiger partial charge in [0, 0.05) is 156 Å². The number of hydrogen-bond acceptors (Lipinski definition) is 27. The van der Waals surface area contributed by atoms with E-state index in [0.717, 1.165) is 0 Å². The lowest BCUT2D eigenvalue weighted by Gasteiger charge is -2.18. The topological polar surface area (TPSA) is 603 Å². The number of H-pyrrole nitrogens is 1. The number of carbonyl (C=O) groups excluding carboxylic acids is 14. The maximum absolute atomic E-state index is 13.1. The highest BCUT2D eigenvalue weighted by atomic mass is 16.5. The first-order chi connectivity index (χ1) is 60.3. The van der Waals surface area contributed by atoms with Crippen molar-refractivity contribution in [1.29, 1.82) is 0 Å². The Labute approximate surface area is 727 Å². The van der Waals surface area contributed by atoms with Crippen LogP contribution in [0.5, 0.6) is 5.75 Å². The third-order valence-electron chi connectivity index (χ3n) is 18.1. The fourth-order valence-electron chi connectivity index (χ4n) is 11.5. The number of amides is 14. The summed E-state index contributed by atoms with van der Waals surface area (Å²) in [6.07, 6.45) is 5.39. The Kier molecular flexibility index (Phi) is 59.7. The van der Waals surface area contributed by atoms with Crippen LogP contribution >= 0.6 is 0 Å². The summed E-state index contributed by atoms with van der Waals surface area (Å²) in [5.41, 5.74) is 11.9. The van der Waals surface area contributed by atoms with E-state index >= 15 is 0 Å². The van der Waals surface area contributed by atoms with Gasteiger partial charge in [-0.15, -0.1) is 0 Å². The number of carbonyl (C=O) groups is 14. The molecule has 0 fully saturated rings. The maximum atomic E-state index is 13.1. The van der Waals surface area contributed by atoms with Gasteiger partial charge in [-0.1, -0.05) is 13.8 Å². The monoisotopic (exact) mass is 1770 g/mol. The van der Waals surface area contributed by atoms with E-state index in [4.69, 9.17) is 54.1 Å². The number of nitrogens with two attached hydrogens (primary N) is 2. The number of rotatable bonds is 76. The Morgan fingerprint density at radius 3 is 1.11 bits per heavy atom. The zero-order valence-electron chi connectivity index (χ0n) is 72.9. The molecule has 18 N–H and O–H groups in total. The predicted octanol–water partition coefficient (Wildman–Crippen LogP) is -3.38. The van der Waals surface area contributed by atoms with Crippen molar-refractivity contribution >= 4 is 93.9 Å². The molecule has 0 aliphatic rings. The van der Waals surface area contributed by atoms with Crippen molar-refractivity contribution in [3.8, 4) is 17.1 Å². The van der Waals surface area contributed by atoms with Gasteiger partial charge in [0.25, 0.3) is 11.5 Å². The molecular weight excluding hydrogens is 1640 g/mol. The van der Waals surface area contributed by atoms with Gasteiger partial charge in [0.1, 0.15) is 29.2 Å². The van der Waals surface area contributed by atoms with Gasteiger partial charge in [-0.25, -0.2) is 9.78 Å². The molecular formula is C81H135N19O25. The minimum atomic E-state index is -0.869. The van der Waals surface area contributed by atoms with Crippen molar-refractivity contribution in [3.05, 3.63) is 45.1 Å². The first-order valence-corrected chi connectivity index (χ1v) is 42.9. The van der Waals surface area contributed by atoms with Crippen molar-refractivity contribution in [2.24, 2.45) is 11.5 Å². The Bertz CT molecular complexity index is 3850. The van der Waals surface area contributed by atoms with E-state index in [0.29, 0.717) is 126 Å². The molecule has 0 saturated carbocycles. The van der Waals surface area contributed by atoms with E-state index in [1.807, 2.05) is 13.8 Å². The second-order valence-corrected chi connectivity index (χ2v) is 28.6. The molecule has 125 heavy (non-hydrogen) atoms. The number of aryl methyl sites for hydroxylation is 1. The third-order valence-corrected chi connectivity index (χ3v) is 18.1. The number of aromatic amines is 1. The molecule has 44 nitrogen and oxygen atoms in total. The van der Waals surface area contributed by atoms with Gasteiger partial charge < -0.3 is 128 Å². The van der Waals surface area contributed by atoms with E-state index in [1.165, 1.54) is 23.0 Å². The number of nitrogens with one attached hydrogen (secondary N) is 14. The summed E-state index contributed by atoms with van der Waals surface area (Å²) in [6.45, 7) is 13.5. The zero-order chi connectivity index (χ0) is 91.5. The lowest BCUT2D eigenvalue weighted by atomic mass is 10.1. The van der Waals surface area contributed by atoms with Crippen LogP contribution in [0, 0.1) is 0 Å². The minimum Gasteiger partial charge on any atom is -0.484 e. The van der Waals surface area contributed by atoms with Gasteiger partial charge >= 0.3 is 5.69 Å². The number of primary amides is 1. The molecule has 3 atom stereocenters. The summed E-state index contributed by atoms with van der Waals surface area (Å²) in [5, 5.41) is 34.9. The van der Waals surface area contributed by atoms with Gasteiger partial charge in [0.05, 0.1) is 112 Å². The zero-order valence-corrected chi connectivity index (χ0v) is 72.9. The average Bonchev–Trinajstić information content (AvgIpc) is 1.58. The van der Waals surface area contributed by atoms with Crippen LogP contribution in [0.25, 0.3) is 22.6 Å². The second kappa shape index (κ2) is 68.7. The minimum absolute atomic E-state index is 0.0156. The van der Waals surface area contributed by atoms with Crippen molar-refractivity contribution in [2.75, 3.05) is 184 Å². The molecule has 0 aliphatic carbocycles. The highest BCUT2D eigenvalue weighted by Gasteiger charge is 2.23. The van der Waals surface area contributed by atoms with Crippen LogP contribution in [-0.2, 0) is 118 Å². The number of benzene rings is 1. The van der Waals surface area contributed by atoms with E-state index in [9.17, 15) is 76.7 Å². The summed E-state index contributed by atoms with van der Waals surface area (Å²) in [4.78, 5) is 204. The first kappa shape index (κ1) is 109. The number of unbranched alkanes of at least 4 members (excludes halogenated alkanes) is 3. The van der Waals surface area contributed by atoms with Crippen molar-refractivity contribution in [2.45, 2.75) is 181 Å². The smallest absolute Gasteiger partial charge is 0.332 e. The Morgan fingerprint density at radius 1 is 0.384 bits per heavy atom. The average molecular weight is 1780 g/mol. The SMILES string of the molecule is CCCn1c(=O)c2[nH]c(-c3ccc(OCC(=O)NCCCC[C@H](N)C(=O)NCCCC[C@H](NC(C)=O)C(=O)NCCOCCOCCNC(=O)CCC(=O)NCCOCCOCCNC(=O)CCC(=O)NCCOCCOCCNC(=O)CCC(=O)NCCOCCOCCNC(=O)CCC(=O)N[C@@H](CCCCNC(C)=O)C(N)=O)cc3)nc2n(CCC)c1=O. The first-order valence-electron chi connectivity index (χ1n) is 42.9. The molecule has 2 aromatic heterocycles. The molecule has 0 radical (unpaired) electrons. The van der Waals surface area contributed by atoms with E-state index in [2.05, 4.69) is 79.1 Å². The van der Waals surface area contributed by atoms with Crippen molar-refractivity contribution in [3.63, 3.8) is 0 Å². The van der Waals surface area contributed by atoms with Gasteiger partial charge in [0.2, 0.25) is 76.8 Å². The van der Waals surface area contributed by atoms with Crippen molar-refractivity contribution in [1.82, 2.24) is 88.2 Å². The van der Waals surface area contributed by atoms with E-state index in [1.54, 1.807) is 24.3 Å². The molecule has 0 unspecified atom stereocenters. The third kappa shape index (κ3) is 53.4. The normalized spacial score (nSPS) is 11.8. The molecule has 0 bridgehead atoms. The predicted molar refractivity (Wildman–Crippen MR) is 457 cm³/mol. The standard InChI is InChI=1S/C81H135N19O25/c1-5-39-99-77-74(80(115)100(40-6-2)81(99)116)97-76(98-77)60-16-18-61(19-17-60)125-57-73(111)85-29-10-7-13-62(82)78(113)93-30-12-9-15-64(95-59(4)102)79(114)94-38-48-124-56-55-123-46-36-91-70(108)25-24-69(107)89-34-44-120-52-51-119-42-32-87-66(104)21-20-65(103)86-31-41-117-49-50-118-43-33-88-67(105)22-23-68(106)90-35-45-121-53-54-122-47-37-92-71(109)26-27-72(110)96-63(75(83)112)14-8-11-28-84-58(3)101/h16-19,62-64H,5-15,20-57,82H2,1-4H3,(H2,83,112)(H,84,101)(H,85,111)(H,86,103)(H,87,104)(H,88,105)(H,89,107)(H,90,106)(H,91,108)(H,92,109)(H,93,113)(H,94,114)(H,95,102)(H,96,110)(H,97,98)/t62-,63-,64-/m0/s1. The number of fused-ring (bicyclic) bond motifs is 1. The Balaban J connectivity index is 1.02. The van der Waals surface area contributed by atoms with Crippen LogP contribution in [0.2, 0.25) is 0 Å². The van der Waals surface area contributed by atoms with Gasteiger partial charge in [0.15, 0.2) is 12.3 Å². The van der Waals surface area contributed by atoms with E-state index in [-0.39, 0.29) is 298 Å². The van der Waals surface area contributed by atoms with Gasteiger partial charge in [-0.2, -0.15) is 0 Å². The second-order valence-electron chi connectivity index (χ2n) is 28.6. The van der Waals surface area contributed by atoms with Crippen LogP contribution in [0.4, 0.5) is 0 Å². The highest BCUT2D eigenvalue weighted by Crippen LogP contribution is 2.22. The number of aromatic nitrogens is 4. The summed E-state index contributed by atoms with van der Waals surface area (Å²) in [7, 11) is 0. The summed E-state index contributed by atoms with van der Waals surface area (Å²) in [5.74, 6) is -4.15. The lowest BCUT2D eigenvalue weighted by Crippen LogP contribution is -2.47. The van der Waals surface area contributed by atoms with Crippen LogP contribution in [0.1, 0.15) is 150 Å². The number of imidazole rings is 1. The van der Waals surface area contributed by atoms with Gasteiger partial charge in [-0.3, -0.25) is 81.1 Å². The molecule has 0 spiro atoms. The van der Waals surface area contributed by atoms with Crippen molar-refractivity contribution < 1.29 is 110 Å². The fourth-order valence-corrected chi connectivity index (χ4v) is 11.5. The lowest BCUT2D eigenvalue weighted by molar-refractivity contribution is -0.129. The highest BCUT2D eigenvalue weighted by molar-refractivity contribution is 5.90. The van der Waals surface area contributed by atoms with Crippen LogP contribution < -0.4 is 96.6 Å². The Morgan fingerprint density at radius 2 is 0.728 bits per heavy atom. The maximum Gasteiger partial charge on any atom is 0.332 e. The molecule has 3 aromatic rings. The van der Waals surface area contributed by atoms with E-state index < -0.39 is 35.5 Å². The van der Waals surface area contributed by atoms with Gasteiger partial charge in [-0.05, 0) is 94.9 Å². The Hall–Kier alpha value is -10.6. The number of ether oxygens (including phenoxy) is 9. The van der Waals surface area contributed by atoms with Crippen LogP contribution in [0.3, 0.4) is 0 Å². The number of nitrogens with zero attached hydrogens (tertiary/aromatic N) is 3. The fraction of sp³-hybridized carbons (Fsp3) is 0.691. The molecule has 14 amide bonds. The summed E-state index contributed by atoms with van der Waals surface area (Å²) >= 11 is 0. The quantitative estimate of drug-likeness (QED) is 0.0245. The van der Waals surface area contributed by atoms with Crippen LogP contribution in [0.15, 0.2) is 33.9 Å². The van der Waals surface area contributed by atoms with Crippen LogP contribution in [-0.4, -0.2) is 304 Å². The largest absolute Gasteiger partial charge is 0.484 e. The molecule has 0 aliphatic heterocycles. The molecule has 1 aromatic carbocycles. The summed E-state index contributed by atoms with van der Waals surface area (Å²) in [6, 6.07) is 4.42. The molecule has 704 valence electrons. The molecule has 44 heteroatoms. The number of hydrogen-bond donors (Lipinski definition) is 16.